The highest BCUT2D eigenvalue weighted by molar-refractivity contribution is 14.1. The lowest BCUT2D eigenvalue weighted by molar-refractivity contribution is 0.488. The minimum atomic E-state index is -1.88. The predicted molar refractivity (Wildman–Crippen MR) is 88.3 cm³/mol. The number of hydrogen-bond acceptors (Lipinski definition) is 2. The number of hydrogen-bond donors (Lipinski definition) is 0. The Bertz CT molecular complexity index is 1180. The third-order valence-electron chi connectivity index (χ3n) is 3.44. The topological polar surface area (TPSA) is 47.6 Å². The van der Waals surface area contributed by atoms with Crippen molar-refractivity contribution in [1.82, 2.24) is 0 Å². The molecule has 0 radical (unpaired) electrons. The predicted octanol–water partition coefficient (Wildman–Crippen LogP) is 3.14. The summed E-state index contributed by atoms with van der Waals surface area (Å²) in [6, 6.07) is 2.87. The molecule has 2 aromatic rings. The first-order chi connectivity index (χ1) is 11.7. The Morgan fingerprint density at radius 3 is 1.84 bits per heavy atom. The van der Waals surface area contributed by atoms with Crippen LogP contribution in [0.5, 0.6) is 0 Å². The summed E-state index contributed by atoms with van der Waals surface area (Å²) in [5, 5.41) is 13.4. The van der Waals surface area contributed by atoms with E-state index in [4.69, 9.17) is 16.9 Å². The quantitative estimate of drug-likeness (QED) is 0.264. The van der Waals surface area contributed by atoms with Gasteiger partial charge in [0.1, 0.15) is 29.1 Å². The van der Waals surface area contributed by atoms with Crippen molar-refractivity contribution < 1.29 is 22.0 Å². The van der Waals surface area contributed by atoms with Crippen LogP contribution < -0.4 is 10.4 Å². The van der Waals surface area contributed by atoms with Crippen LogP contribution in [0.25, 0.3) is 21.9 Å². The summed E-state index contributed by atoms with van der Waals surface area (Å²) < 4.78 is 71.8. The molecule has 0 heterocycles. The number of nitrogens with zero attached hydrogens (tertiary/aromatic N) is 2. The molecule has 0 aliphatic heterocycles. The van der Waals surface area contributed by atoms with Gasteiger partial charge in [-0.25, -0.2) is 22.0 Å². The van der Waals surface area contributed by atoms with E-state index in [1.807, 2.05) is 5.92 Å². The van der Waals surface area contributed by atoms with Gasteiger partial charge in [0.15, 0.2) is 11.6 Å². The van der Waals surface area contributed by atoms with Crippen molar-refractivity contribution >= 4 is 44.5 Å². The number of halogens is 6. The molecule has 0 saturated heterocycles. The molecule has 2 aromatic carbocycles. The van der Waals surface area contributed by atoms with E-state index in [2.05, 4.69) is 0 Å². The fourth-order valence-electron chi connectivity index (χ4n) is 2.28. The molecule has 2 rings (SSSR count). The van der Waals surface area contributed by atoms with Crippen LogP contribution in [-0.2, 0) is 0 Å². The highest BCUT2D eigenvalue weighted by Crippen LogP contribution is 2.27. The first-order valence-electron chi connectivity index (χ1n) is 6.37. The molecule has 0 unspecified atom stereocenters. The molecule has 0 spiro atoms. The van der Waals surface area contributed by atoms with Crippen LogP contribution in [0, 0.1) is 67.7 Å². The van der Waals surface area contributed by atoms with Gasteiger partial charge in [-0.3, -0.25) is 0 Å². The van der Waals surface area contributed by atoms with Crippen molar-refractivity contribution in [2.24, 2.45) is 0 Å². The van der Waals surface area contributed by atoms with E-state index in [-0.39, 0.29) is 0 Å². The molecule has 0 fully saturated rings. The maximum absolute atomic E-state index is 14.7. The number of terminal acetylenes is 1. The normalized spacial score (nSPS) is 13.0. The monoisotopic (exact) mass is 458 g/mol. The summed E-state index contributed by atoms with van der Waals surface area (Å²) in [4.78, 5) is 0. The number of benzene rings is 2. The van der Waals surface area contributed by atoms with Crippen molar-refractivity contribution in [2.45, 2.75) is 6.92 Å². The molecule has 124 valence electrons. The zero-order valence-corrected chi connectivity index (χ0v) is 14.4. The molecule has 8 heteroatoms. The Morgan fingerprint density at radius 1 is 0.840 bits per heavy atom. The molecule has 0 amide bonds. The average Bonchev–Trinajstić information content (AvgIpc) is 2.59. The van der Waals surface area contributed by atoms with E-state index in [1.165, 1.54) is 34.7 Å². The van der Waals surface area contributed by atoms with Crippen LogP contribution in [0.2, 0.25) is 0 Å². The second-order valence-corrected chi connectivity index (χ2v) is 5.83. The van der Waals surface area contributed by atoms with Gasteiger partial charge in [-0.2, -0.15) is 10.5 Å². The second kappa shape index (κ2) is 6.70. The zero-order chi connectivity index (χ0) is 19.0. The molecule has 0 N–H and O–H groups in total. The van der Waals surface area contributed by atoms with Gasteiger partial charge < -0.3 is 0 Å². The Hall–Kier alpha value is -2.64. The van der Waals surface area contributed by atoms with E-state index in [9.17, 15) is 22.0 Å². The highest BCUT2D eigenvalue weighted by atomic mass is 127. The van der Waals surface area contributed by atoms with Gasteiger partial charge in [-0.1, -0.05) is 5.92 Å². The van der Waals surface area contributed by atoms with Crippen LogP contribution in [0.4, 0.5) is 22.0 Å². The third kappa shape index (κ3) is 2.61. The summed E-state index contributed by atoms with van der Waals surface area (Å²) >= 11 is 1.28. The molecular formula is C17H4F5IN2. The van der Waals surface area contributed by atoms with Gasteiger partial charge in [-0.05, 0) is 29.5 Å². The van der Waals surface area contributed by atoms with E-state index < -0.39 is 65.0 Å². The summed E-state index contributed by atoms with van der Waals surface area (Å²) in [5.41, 5.74) is -1.21. The molecular weight excluding hydrogens is 454 g/mol. The van der Waals surface area contributed by atoms with E-state index in [1.54, 1.807) is 0 Å². The van der Waals surface area contributed by atoms with E-state index in [0.717, 1.165) is 6.92 Å². The largest absolute Gasteiger partial charge is 0.205 e. The summed E-state index contributed by atoms with van der Waals surface area (Å²) in [7, 11) is 0. The van der Waals surface area contributed by atoms with Crippen molar-refractivity contribution in [1.29, 1.82) is 10.5 Å². The second-order valence-electron chi connectivity index (χ2n) is 4.75. The lowest BCUT2D eigenvalue weighted by atomic mass is 10.0. The summed E-state index contributed by atoms with van der Waals surface area (Å²) in [5.74, 6) is -6.51. The van der Waals surface area contributed by atoms with Gasteiger partial charge in [0.2, 0.25) is 0 Å². The van der Waals surface area contributed by atoms with Crippen molar-refractivity contribution in [2.75, 3.05) is 0 Å². The smallest absolute Gasteiger partial charge is 0.170 e. The third-order valence-corrected chi connectivity index (χ3v) is 4.45. The maximum Gasteiger partial charge on any atom is 0.170 e. The molecule has 0 atom stereocenters. The summed E-state index contributed by atoms with van der Waals surface area (Å²) in [6.45, 7) is 1.00. The fraction of sp³-hybridized carbons (Fsp3) is 0.0588. The van der Waals surface area contributed by atoms with Crippen LogP contribution in [0.1, 0.15) is 6.92 Å². The van der Waals surface area contributed by atoms with Crippen LogP contribution >= 0.6 is 22.6 Å². The molecule has 0 aliphatic carbocycles. The van der Waals surface area contributed by atoms with Gasteiger partial charge in [0.25, 0.3) is 0 Å². The van der Waals surface area contributed by atoms with Crippen LogP contribution in [0.3, 0.4) is 0 Å². The Kier molecular flexibility index (Phi) is 5.01. The van der Waals surface area contributed by atoms with Crippen LogP contribution in [-0.4, -0.2) is 0 Å². The molecule has 25 heavy (non-hydrogen) atoms. The minimum absolute atomic E-state index is 0.553. The molecule has 0 bridgehead atoms. The highest BCUT2D eigenvalue weighted by Gasteiger charge is 2.26. The number of nitriles is 2. The Balaban J connectivity index is 3.45. The Labute approximate surface area is 151 Å². The number of fused-ring (bicyclic) bond motifs is 1. The lowest BCUT2D eigenvalue weighted by Crippen LogP contribution is -2.24. The van der Waals surface area contributed by atoms with Crippen molar-refractivity contribution in [3.05, 3.63) is 43.1 Å². The minimum Gasteiger partial charge on any atom is -0.205 e. The molecule has 0 aromatic heterocycles. The fourth-order valence-corrected chi connectivity index (χ4v) is 3.05. The zero-order valence-electron chi connectivity index (χ0n) is 12.2. The number of rotatable bonds is 0. The van der Waals surface area contributed by atoms with E-state index >= 15 is 0 Å². The van der Waals surface area contributed by atoms with Crippen LogP contribution in [0.15, 0.2) is 0 Å². The van der Waals surface area contributed by atoms with E-state index in [0.29, 0.717) is 0 Å². The summed E-state index contributed by atoms with van der Waals surface area (Å²) in [6.07, 6.45) is 5.04. The average molecular weight is 458 g/mol. The first kappa shape index (κ1) is 18.7. The maximum atomic E-state index is 14.7. The van der Waals surface area contributed by atoms with Crippen molar-refractivity contribution in [3.63, 3.8) is 0 Å². The SMILES string of the molecule is C#C/C(C#N)=c1/c(I)c(F)c2c(F)/c(=C(\C)C#N)c(F)c(F)c2c1F. The lowest BCUT2D eigenvalue weighted by Gasteiger charge is -2.10. The van der Waals surface area contributed by atoms with Gasteiger partial charge in [0, 0.05) is 5.57 Å². The standard InChI is InChI=1S/C17H4F5IN2/c1-3-7(5-25)9-13(19)10-11(16(22)17(9)23)12(18)8(6(2)4-24)14(20)15(10)21/h1H,2H3/b8-6-,9-7-. The molecule has 0 saturated carbocycles. The molecule has 0 aliphatic rings. The van der Waals surface area contributed by atoms with Crippen molar-refractivity contribution in [3.8, 4) is 24.5 Å². The first-order valence-corrected chi connectivity index (χ1v) is 7.45. The van der Waals surface area contributed by atoms with Gasteiger partial charge in [0.05, 0.1) is 30.8 Å². The molecule has 2 nitrogen and oxygen atoms in total. The van der Waals surface area contributed by atoms with Gasteiger partial charge in [-0.15, -0.1) is 6.42 Å². The van der Waals surface area contributed by atoms with Gasteiger partial charge >= 0.3 is 0 Å². The Morgan fingerprint density at radius 2 is 1.36 bits per heavy atom.